The highest BCUT2D eigenvalue weighted by atomic mass is 16.5. The molecule has 2 amide bonds. The fraction of sp³-hybridized carbons (Fsp3) is 0.568. The summed E-state index contributed by atoms with van der Waals surface area (Å²) in [7, 11) is 7.18. The van der Waals surface area contributed by atoms with E-state index in [2.05, 4.69) is 65.8 Å². The summed E-state index contributed by atoms with van der Waals surface area (Å²) >= 11 is 0. The van der Waals surface area contributed by atoms with E-state index < -0.39 is 11.9 Å². The van der Waals surface area contributed by atoms with Crippen LogP contribution in [-0.4, -0.2) is 145 Å². The highest BCUT2D eigenvalue weighted by molar-refractivity contribution is 6.03. The molecule has 2 unspecified atom stereocenters. The molecule has 57 heavy (non-hydrogen) atoms. The van der Waals surface area contributed by atoms with Gasteiger partial charge in [-0.3, -0.25) is 24.1 Å². The van der Waals surface area contributed by atoms with Crippen molar-refractivity contribution in [2.24, 2.45) is 0 Å². The lowest BCUT2D eigenvalue weighted by Gasteiger charge is -2.40. The molecule has 13 nitrogen and oxygen atoms in total. The van der Waals surface area contributed by atoms with Gasteiger partial charge in [-0.25, -0.2) is 0 Å². The molecular weight excluding hydrogens is 727 g/mol. The number of nitrogens with zero attached hydrogens (tertiary/aromatic N) is 3. The first-order valence-corrected chi connectivity index (χ1v) is 20.1. The molecule has 3 rings (SSSR count). The van der Waals surface area contributed by atoms with E-state index in [4.69, 9.17) is 14.2 Å². The number of benzene rings is 2. The Kier molecular flexibility index (Phi) is 28.3. The van der Waals surface area contributed by atoms with Crippen molar-refractivity contribution in [3.63, 3.8) is 0 Å². The van der Waals surface area contributed by atoms with Crippen LogP contribution >= 0.6 is 0 Å². The number of carbonyl (C=O) groups excluding carboxylic acids is 5. The summed E-state index contributed by atoms with van der Waals surface area (Å²) in [5.41, 5.74) is 2.91. The van der Waals surface area contributed by atoms with E-state index in [9.17, 15) is 24.0 Å². The van der Waals surface area contributed by atoms with Gasteiger partial charge in [-0.05, 0) is 71.9 Å². The molecule has 318 valence electrons. The maximum absolute atomic E-state index is 12.6. The number of carbonyl (C=O) groups is 5. The van der Waals surface area contributed by atoms with Gasteiger partial charge in [0.2, 0.25) is 5.91 Å². The SMILES string of the molecule is C/C=C(\C)C(c1ccccc1)N1CCN(C(=O)CCCCCOCCOCCNC)CC1.CCCC(C=O)N(C)C(=O)c1cccc(OCC=O)c1C=O.CNC. The minimum Gasteiger partial charge on any atom is -0.485 e. The largest absolute Gasteiger partial charge is 0.485 e. The zero-order chi connectivity index (χ0) is 42.3. The van der Waals surface area contributed by atoms with Crippen LogP contribution in [0.2, 0.25) is 0 Å². The van der Waals surface area contributed by atoms with Crippen LogP contribution in [0.5, 0.6) is 5.75 Å². The fourth-order valence-corrected chi connectivity index (χ4v) is 6.19. The van der Waals surface area contributed by atoms with Crippen molar-refractivity contribution < 1.29 is 38.2 Å². The summed E-state index contributed by atoms with van der Waals surface area (Å²) < 4.78 is 16.2. The third-order valence-electron chi connectivity index (χ3n) is 9.36. The van der Waals surface area contributed by atoms with Crippen LogP contribution in [0, 0.1) is 0 Å². The molecule has 0 spiro atoms. The molecule has 2 atom stereocenters. The first kappa shape index (κ1) is 50.7. The summed E-state index contributed by atoms with van der Waals surface area (Å²) in [5, 5.41) is 5.79. The Bertz CT molecular complexity index is 1450. The van der Waals surface area contributed by atoms with Gasteiger partial charge < -0.3 is 39.4 Å². The second-order valence-electron chi connectivity index (χ2n) is 13.6. The van der Waals surface area contributed by atoms with Gasteiger partial charge in [-0.15, -0.1) is 0 Å². The second kappa shape index (κ2) is 31.8. The third kappa shape index (κ3) is 19.2. The van der Waals surface area contributed by atoms with E-state index in [1.165, 1.54) is 35.2 Å². The predicted octanol–water partition coefficient (Wildman–Crippen LogP) is 5.00. The van der Waals surface area contributed by atoms with Gasteiger partial charge in [-0.2, -0.15) is 0 Å². The minimum absolute atomic E-state index is 0.0716. The lowest BCUT2D eigenvalue weighted by Crippen LogP contribution is -2.49. The van der Waals surface area contributed by atoms with Crippen molar-refractivity contribution in [1.29, 1.82) is 0 Å². The number of allylic oxidation sites excluding steroid dienone is 1. The monoisotopic (exact) mass is 796 g/mol. The molecule has 0 bridgehead atoms. The summed E-state index contributed by atoms with van der Waals surface area (Å²) in [4.78, 5) is 63.8. The number of piperazine rings is 1. The zero-order valence-corrected chi connectivity index (χ0v) is 35.5. The number of likely N-dealkylation sites (N-methyl/N-ethyl adjacent to an activating group) is 2. The van der Waals surface area contributed by atoms with E-state index >= 15 is 0 Å². The molecule has 0 aromatic heterocycles. The molecule has 1 heterocycles. The standard InChI is InChI=1S/C26H43N3O3.C16H19NO5.C2H7N/c1-4-23(2)26(24-11-7-5-8-12-24)29-17-15-28(16-18-29)25(30)13-9-6-10-19-31-21-22-32-20-14-27-3;1-3-5-12(10-19)17(2)16(21)13-6-4-7-15(14(13)11-20)22-9-8-18;1-3-2/h4-5,7-8,11-12,26-27H,6,9-10,13-22H2,1-3H3;4,6-8,10-12H,3,5,9H2,1-2H3;3H,1-2H3/b23-4+;;. The maximum Gasteiger partial charge on any atom is 0.255 e. The highest BCUT2D eigenvalue weighted by Crippen LogP contribution is 2.29. The Hall–Kier alpha value is -4.27. The Labute approximate surface area is 341 Å². The topological polar surface area (TPSA) is 147 Å². The molecule has 2 aromatic carbocycles. The molecular formula is C44H69N5O8. The number of nitrogens with one attached hydrogen (secondary N) is 2. The number of ether oxygens (including phenoxy) is 3. The van der Waals surface area contributed by atoms with Crippen LogP contribution in [-0.2, 0) is 23.9 Å². The lowest BCUT2D eigenvalue weighted by atomic mass is 9.97. The number of hydrogen-bond acceptors (Lipinski definition) is 11. The third-order valence-corrected chi connectivity index (χ3v) is 9.36. The average Bonchev–Trinajstić information content (AvgIpc) is 3.24. The quantitative estimate of drug-likeness (QED) is 0.0841. The average molecular weight is 796 g/mol. The van der Waals surface area contributed by atoms with Crippen LogP contribution in [0.1, 0.15) is 91.6 Å². The van der Waals surface area contributed by atoms with Crippen molar-refractivity contribution in [2.45, 2.75) is 71.4 Å². The van der Waals surface area contributed by atoms with Crippen LogP contribution < -0.4 is 15.4 Å². The summed E-state index contributed by atoms with van der Waals surface area (Å²) in [6.45, 7) is 13.1. The molecule has 1 saturated heterocycles. The van der Waals surface area contributed by atoms with Gasteiger partial charge in [-0.1, -0.05) is 67.8 Å². The highest BCUT2D eigenvalue weighted by Gasteiger charge is 2.28. The van der Waals surface area contributed by atoms with E-state index in [-0.39, 0.29) is 23.5 Å². The van der Waals surface area contributed by atoms with Gasteiger partial charge in [0, 0.05) is 52.8 Å². The van der Waals surface area contributed by atoms with E-state index in [0.29, 0.717) is 56.9 Å². The van der Waals surface area contributed by atoms with Crippen LogP contribution in [0.15, 0.2) is 60.2 Å². The van der Waals surface area contributed by atoms with E-state index in [1.54, 1.807) is 6.07 Å². The van der Waals surface area contributed by atoms with Gasteiger partial charge in [0.05, 0.1) is 43.0 Å². The first-order chi connectivity index (χ1) is 27.7. The van der Waals surface area contributed by atoms with E-state index in [1.807, 2.05) is 33.0 Å². The lowest BCUT2D eigenvalue weighted by molar-refractivity contribution is -0.133. The molecule has 1 aliphatic heterocycles. The molecule has 0 saturated carbocycles. The Morgan fingerprint density at radius 2 is 1.54 bits per heavy atom. The van der Waals surface area contributed by atoms with Crippen LogP contribution in [0.25, 0.3) is 0 Å². The Morgan fingerprint density at radius 3 is 2.12 bits per heavy atom. The van der Waals surface area contributed by atoms with Gasteiger partial charge in [0.1, 0.15) is 18.6 Å². The van der Waals surface area contributed by atoms with Crippen molar-refractivity contribution in [3.05, 3.63) is 76.9 Å². The summed E-state index contributed by atoms with van der Waals surface area (Å²) in [6.07, 6.45) is 8.89. The molecule has 1 aliphatic rings. The predicted molar refractivity (Wildman–Crippen MR) is 226 cm³/mol. The normalized spacial score (nSPS) is 13.9. The van der Waals surface area contributed by atoms with E-state index in [0.717, 1.165) is 71.6 Å². The van der Waals surface area contributed by atoms with Gasteiger partial charge in [0.15, 0.2) is 12.6 Å². The summed E-state index contributed by atoms with van der Waals surface area (Å²) in [6, 6.07) is 15.0. The van der Waals surface area contributed by atoms with Crippen molar-refractivity contribution in [1.82, 2.24) is 25.3 Å². The fourth-order valence-electron chi connectivity index (χ4n) is 6.19. The second-order valence-corrected chi connectivity index (χ2v) is 13.6. The van der Waals surface area contributed by atoms with Crippen molar-refractivity contribution in [2.75, 3.05) is 93.9 Å². The smallest absolute Gasteiger partial charge is 0.255 e. The Morgan fingerprint density at radius 1 is 0.877 bits per heavy atom. The van der Waals surface area contributed by atoms with Gasteiger partial charge in [0.25, 0.3) is 5.91 Å². The molecule has 2 N–H and O–H groups in total. The minimum atomic E-state index is -0.545. The summed E-state index contributed by atoms with van der Waals surface area (Å²) in [5.74, 6) is 0.0196. The molecule has 0 aliphatic carbocycles. The number of hydrogen-bond donors (Lipinski definition) is 2. The van der Waals surface area contributed by atoms with Crippen molar-refractivity contribution >= 4 is 30.7 Å². The number of amides is 2. The number of rotatable bonds is 24. The van der Waals surface area contributed by atoms with Crippen LogP contribution in [0.4, 0.5) is 0 Å². The molecule has 2 aromatic rings. The number of unbranched alkanes of at least 4 members (excludes halogenated alkanes) is 2. The van der Waals surface area contributed by atoms with Crippen molar-refractivity contribution in [3.8, 4) is 5.75 Å². The van der Waals surface area contributed by atoms with Crippen LogP contribution in [0.3, 0.4) is 0 Å². The molecule has 0 radical (unpaired) electrons. The van der Waals surface area contributed by atoms with Gasteiger partial charge >= 0.3 is 0 Å². The molecule has 13 heteroatoms. The number of aldehydes is 3. The molecule has 1 fully saturated rings. The maximum atomic E-state index is 12.6. The Balaban J connectivity index is 0.000000566. The first-order valence-electron chi connectivity index (χ1n) is 20.1. The zero-order valence-electron chi connectivity index (χ0n) is 35.5.